The Balaban J connectivity index is 1.59. The number of guanidine groups is 2. The molecule has 4 rings (SSSR count). The predicted molar refractivity (Wildman–Crippen MR) is 130 cm³/mol. The highest BCUT2D eigenvalue weighted by molar-refractivity contribution is 6.33. The standard InChI is InChI=1S/C23H23ClN6O2/c1-31-17-9-5-7-15(13-17)25-21-28-22(26-16-8-6-10-18(14-16)32-2)30-23(29-21)27-20-12-4-3-11-19(20)24/h3-14,21,25H,1-2H3,(H3,26,27,28,29,30). The maximum absolute atomic E-state index is 6.31. The largest absolute Gasteiger partial charge is 0.497 e. The third-order valence-corrected chi connectivity index (χ3v) is 4.89. The Kier molecular flexibility index (Phi) is 6.62. The second kappa shape index (κ2) is 9.93. The molecule has 0 aliphatic carbocycles. The molecule has 0 bridgehead atoms. The minimum Gasteiger partial charge on any atom is -0.497 e. The van der Waals surface area contributed by atoms with E-state index in [1.807, 2.05) is 72.8 Å². The van der Waals surface area contributed by atoms with Crippen LogP contribution in [0.25, 0.3) is 0 Å². The van der Waals surface area contributed by atoms with E-state index in [9.17, 15) is 0 Å². The molecule has 0 amide bonds. The zero-order valence-electron chi connectivity index (χ0n) is 17.6. The summed E-state index contributed by atoms with van der Waals surface area (Å²) in [5, 5.41) is 13.5. The maximum atomic E-state index is 6.31. The van der Waals surface area contributed by atoms with Gasteiger partial charge in [-0.3, -0.25) is 5.32 Å². The molecular formula is C23H23ClN6O2. The Morgan fingerprint density at radius 2 is 1.41 bits per heavy atom. The highest BCUT2D eigenvalue weighted by Crippen LogP contribution is 2.22. The highest BCUT2D eigenvalue weighted by atomic mass is 35.5. The molecule has 0 saturated heterocycles. The Labute approximate surface area is 191 Å². The maximum Gasteiger partial charge on any atom is 0.221 e. The fraction of sp³-hybridized carbons (Fsp3) is 0.130. The number of methoxy groups -OCH3 is 2. The number of benzene rings is 3. The van der Waals surface area contributed by atoms with Crippen molar-refractivity contribution in [3.63, 3.8) is 0 Å². The molecule has 1 unspecified atom stereocenters. The van der Waals surface area contributed by atoms with Crippen molar-refractivity contribution < 1.29 is 9.47 Å². The van der Waals surface area contributed by atoms with Gasteiger partial charge in [0.05, 0.1) is 24.9 Å². The first-order chi connectivity index (χ1) is 15.6. The summed E-state index contributed by atoms with van der Waals surface area (Å²) in [6.07, 6.45) is -0.596. The number of halogens is 1. The minimum atomic E-state index is -0.596. The second-order valence-electron chi connectivity index (χ2n) is 6.79. The lowest BCUT2D eigenvalue weighted by Gasteiger charge is -2.24. The average molecular weight is 451 g/mol. The molecule has 4 N–H and O–H groups in total. The number of rotatable bonds is 6. The number of hydrogen-bond donors (Lipinski definition) is 4. The minimum absolute atomic E-state index is 0.485. The van der Waals surface area contributed by atoms with Gasteiger partial charge >= 0.3 is 0 Å². The normalized spacial score (nSPS) is 15.0. The molecule has 3 aromatic carbocycles. The lowest BCUT2D eigenvalue weighted by molar-refractivity contribution is 0.415. The van der Waals surface area contributed by atoms with E-state index in [0.717, 1.165) is 28.6 Å². The van der Waals surface area contributed by atoms with E-state index in [0.29, 0.717) is 16.9 Å². The molecule has 0 spiro atoms. The van der Waals surface area contributed by atoms with Crippen LogP contribution in [0.2, 0.25) is 5.02 Å². The molecule has 1 atom stereocenters. The van der Waals surface area contributed by atoms with Gasteiger partial charge in [-0.1, -0.05) is 35.9 Å². The van der Waals surface area contributed by atoms with Gasteiger partial charge in [0.15, 0.2) is 0 Å². The summed E-state index contributed by atoms with van der Waals surface area (Å²) < 4.78 is 10.6. The van der Waals surface area contributed by atoms with Crippen molar-refractivity contribution in [2.75, 3.05) is 30.2 Å². The molecule has 1 aliphatic rings. The molecule has 3 aromatic rings. The first-order valence-corrected chi connectivity index (χ1v) is 10.3. The molecule has 8 nitrogen and oxygen atoms in total. The van der Waals surface area contributed by atoms with Crippen LogP contribution >= 0.6 is 11.6 Å². The van der Waals surface area contributed by atoms with Crippen molar-refractivity contribution in [1.29, 1.82) is 0 Å². The average Bonchev–Trinajstić information content (AvgIpc) is 2.81. The Hall–Kier alpha value is -3.91. The molecular weight excluding hydrogens is 428 g/mol. The Morgan fingerprint density at radius 1 is 0.781 bits per heavy atom. The van der Waals surface area contributed by atoms with Crippen molar-refractivity contribution in [2.24, 2.45) is 9.98 Å². The van der Waals surface area contributed by atoms with E-state index >= 15 is 0 Å². The van der Waals surface area contributed by atoms with Gasteiger partial charge in [0, 0.05) is 23.5 Å². The summed E-state index contributed by atoms with van der Waals surface area (Å²) in [5.41, 5.74) is 2.36. The predicted octanol–water partition coefficient (Wildman–Crippen LogP) is 4.59. The van der Waals surface area contributed by atoms with Gasteiger partial charge in [0.2, 0.25) is 18.2 Å². The topological polar surface area (TPSA) is 91.3 Å². The summed E-state index contributed by atoms with van der Waals surface area (Å²) in [7, 11) is 3.25. The van der Waals surface area contributed by atoms with E-state index in [1.165, 1.54) is 0 Å². The van der Waals surface area contributed by atoms with Gasteiger partial charge in [-0.2, -0.15) is 0 Å². The number of hydrogen-bond acceptors (Lipinski definition) is 8. The zero-order valence-corrected chi connectivity index (χ0v) is 18.4. The van der Waals surface area contributed by atoms with Crippen molar-refractivity contribution in [3.8, 4) is 11.5 Å². The Bertz CT molecular complexity index is 1150. The van der Waals surface area contributed by atoms with Gasteiger partial charge in [-0.25, -0.2) is 9.98 Å². The lowest BCUT2D eigenvalue weighted by Crippen LogP contribution is -2.45. The van der Waals surface area contributed by atoms with E-state index < -0.39 is 6.29 Å². The molecule has 1 aliphatic heterocycles. The van der Waals surface area contributed by atoms with Crippen molar-refractivity contribution in [3.05, 3.63) is 77.8 Å². The second-order valence-corrected chi connectivity index (χ2v) is 7.20. The van der Waals surface area contributed by atoms with Crippen LogP contribution in [0, 0.1) is 0 Å². The van der Waals surface area contributed by atoms with Crippen molar-refractivity contribution in [1.82, 2.24) is 5.32 Å². The SMILES string of the molecule is COc1cccc(NC2=NC(Nc3cccc(OC)c3)N=C(Nc3ccccc3Cl)N2)c1. The summed E-state index contributed by atoms with van der Waals surface area (Å²) in [5.74, 6) is 2.46. The van der Waals surface area contributed by atoms with Gasteiger partial charge in [-0.15, -0.1) is 0 Å². The Morgan fingerprint density at radius 3 is 2.09 bits per heavy atom. The van der Waals surface area contributed by atoms with Crippen molar-refractivity contribution in [2.45, 2.75) is 6.29 Å². The molecule has 0 saturated carbocycles. The molecule has 1 heterocycles. The monoisotopic (exact) mass is 450 g/mol. The smallest absolute Gasteiger partial charge is 0.221 e. The van der Waals surface area contributed by atoms with Crippen LogP contribution in [0.1, 0.15) is 0 Å². The highest BCUT2D eigenvalue weighted by Gasteiger charge is 2.18. The van der Waals surface area contributed by atoms with E-state index in [1.54, 1.807) is 14.2 Å². The molecule has 0 aromatic heterocycles. The number of nitrogens with zero attached hydrogens (tertiary/aromatic N) is 2. The molecule has 0 fully saturated rings. The first kappa shape index (κ1) is 21.3. The zero-order chi connectivity index (χ0) is 22.3. The van der Waals surface area contributed by atoms with Gasteiger partial charge in [0.25, 0.3) is 0 Å². The van der Waals surface area contributed by atoms with E-state index in [4.69, 9.17) is 21.1 Å². The van der Waals surface area contributed by atoms with Crippen LogP contribution < -0.4 is 30.7 Å². The number of nitrogens with one attached hydrogen (secondary N) is 4. The van der Waals surface area contributed by atoms with Crippen LogP contribution in [-0.4, -0.2) is 32.4 Å². The van der Waals surface area contributed by atoms with Crippen LogP contribution in [0.15, 0.2) is 82.8 Å². The number of anilines is 3. The fourth-order valence-corrected chi connectivity index (χ4v) is 3.21. The van der Waals surface area contributed by atoms with Crippen LogP contribution in [0.5, 0.6) is 11.5 Å². The van der Waals surface area contributed by atoms with Gasteiger partial charge in [0.1, 0.15) is 11.5 Å². The molecule has 164 valence electrons. The molecule has 0 radical (unpaired) electrons. The molecule has 9 heteroatoms. The first-order valence-electron chi connectivity index (χ1n) is 9.89. The summed E-state index contributed by atoms with van der Waals surface area (Å²) >= 11 is 6.31. The van der Waals surface area contributed by atoms with Crippen LogP contribution in [0.3, 0.4) is 0 Å². The quantitative estimate of drug-likeness (QED) is 0.439. The van der Waals surface area contributed by atoms with Gasteiger partial charge in [-0.05, 0) is 36.4 Å². The number of aliphatic imine (C=N–C) groups is 2. The van der Waals surface area contributed by atoms with Gasteiger partial charge < -0.3 is 25.4 Å². The summed E-state index contributed by atoms with van der Waals surface area (Å²) in [6, 6.07) is 22.6. The van der Waals surface area contributed by atoms with Crippen LogP contribution in [-0.2, 0) is 0 Å². The third kappa shape index (κ3) is 5.41. The van der Waals surface area contributed by atoms with E-state index in [2.05, 4.69) is 31.3 Å². The van der Waals surface area contributed by atoms with E-state index in [-0.39, 0.29) is 0 Å². The summed E-state index contributed by atoms with van der Waals surface area (Å²) in [4.78, 5) is 9.27. The number of ether oxygens (including phenoxy) is 2. The summed E-state index contributed by atoms with van der Waals surface area (Å²) in [6.45, 7) is 0. The fourth-order valence-electron chi connectivity index (χ4n) is 3.03. The van der Waals surface area contributed by atoms with Crippen molar-refractivity contribution >= 4 is 40.6 Å². The number of para-hydroxylation sites is 1. The third-order valence-electron chi connectivity index (χ3n) is 4.56. The van der Waals surface area contributed by atoms with Crippen LogP contribution in [0.4, 0.5) is 17.1 Å². The molecule has 32 heavy (non-hydrogen) atoms. The lowest BCUT2D eigenvalue weighted by atomic mass is 10.3.